The highest BCUT2D eigenvalue weighted by molar-refractivity contribution is 9.10. The number of hydrazone groups is 1. The summed E-state index contributed by atoms with van der Waals surface area (Å²) >= 11 is 3.35. The molecule has 0 aliphatic rings. The lowest BCUT2D eigenvalue weighted by Gasteiger charge is -2.09. The fraction of sp³-hybridized carbons (Fsp3) is 0.100. The van der Waals surface area contributed by atoms with Crippen LogP contribution in [0.15, 0.2) is 64.2 Å². The minimum atomic E-state index is -0.291. The average molecular weight is 414 g/mol. The van der Waals surface area contributed by atoms with Crippen LogP contribution in [0.4, 0.5) is 4.39 Å². The summed E-state index contributed by atoms with van der Waals surface area (Å²) < 4.78 is 15.9. The molecule has 0 saturated carbocycles. The first-order valence-corrected chi connectivity index (χ1v) is 8.79. The molecule has 1 N–H and O–H groups in total. The van der Waals surface area contributed by atoms with Gasteiger partial charge in [0.1, 0.15) is 5.82 Å². The van der Waals surface area contributed by atoms with E-state index >= 15 is 0 Å². The van der Waals surface area contributed by atoms with E-state index in [9.17, 15) is 9.18 Å². The van der Waals surface area contributed by atoms with Gasteiger partial charge in [0.05, 0.1) is 11.8 Å². The van der Waals surface area contributed by atoms with Crippen LogP contribution in [0.25, 0.3) is 5.69 Å². The first-order chi connectivity index (χ1) is 12.5. The maximum Gasteiger partial charge on any atom is 0.272 e. The molecule has 0 spiro atoms. The third-order valence-corrected chi connectivity index (χ3v) is 4.73. The SMILES string of the molecule is Cc1cc(C=NNC(=O)c2ccccc2Br)c(C)n1-c1ccc(F)cc1. The maximum atomic E-state index is 13.1. The van der Waals surface area contributed by atoms with Crippen molar-refractivity contribution in [2.45, 2.75) is 13.8 Å². The summed E-state index contributed by atoms with van der Waals surface area (Å²) in [7, 11) is 0. The molecule has 0 fully saturated rings. The van der Waals surface area contributed by atoms with E-state index in [-0.39, 0.29) is 11.7 Å². The van der Waals surface area contributed by atoms with Gasteiger partial charge in [0, 0.05) is 27.1 Å². The minimum absolute atomic E-state index is 0.271. The van der Waals surface area contributed by atoms with Crippen molar-refractivity contribution >= 4 is 28.1 Å². The predicted molar refractivity (Wildman–Crippen MR) is 104 cm³/mol. The highest BCUT2D eigenvalue weighted by Gasteiger charge is 2.10. The normalized spacial score (nSPS) is 11.1. The van der Waals surface area contributed by atoms with E-state index in [2.05, 4.69) is 26.5 Å². The van der Waals surface area contributed by atoms with Crippen molar-refractivity contribution in [2.24, 2.45) is 5.10 Å². The average Bonchev–Trinajstić information content (AvgIpc) is 2.90. The van der Waals surface area contributed by atoms with Crippen molar-refractivity contribution in [1.82, 2.24) is 9.99 Å². The molecule has 0 radical (unpaired) electrons. The van der Waals surface area contributed by atoms with Gasteiger partial charge in [0.25, 0.3) is 5.91 Å². The van der Waals surface area contributed by atoms with Gasteiger partial charge in [0.15, 0.2) is 0 Å². The Morgan fingerprint density at radius 1 is 1.15 bits per heavy atom. The second-order valence-electron chi connectivity index (χ2n) is 5.82. The van der Waals surface area contributed by atoms with Gasteiger partial charge < -0.3 is 4.57 Å². The van der Waals surface area contributed by atoms with Crippen LogP contribution in [0, 0.1) is 19.7 Å². The largest absolute Gasteiger partial charge is 0.318 e. The zero-order valence-corrected chi connectivity index (χ0v) is 15.9. The van der Waals surface area contributed by atoms with E-state index in [0.717, 1.165) is 22.6 Å². The Bertz CT molecular complexity index is 977. The molecule has 0 bridgehead atoms. The van der Waals surface area contributed by atoms with Crippen LogP contribution >= 0.6 is 15.9 Å². The molecule has 1 heterocycles. The lowest BCUT2D eigenvalue weighted by molar-refractivity contribution is 0.0954. The van der Waals surface area contributed by atoms with Crippen molar-refractivity contribution in [3.05, 3.63) is 87.4 Å². The molecule has 132 valence electrons. The van der Waals surface area contributed by atoms with E-state index in [4.69, 9.17) is 0 Å². The summed E-state index contributed by atoms with van der Waals surface area (Å²) in [4.78, 5) is 12.2. The second-order valence-corrected chi connectivity index (χ2v) is 6.67. The van der Waals surface area contributed by atoms with Crippen molar-refractivity contribution < 1.29 is 9.18 Å². The Morgan fingerprint density at radius 3 is 2.54 bits per heavy atom. The van der Waals surface area contributed by atoms with Crippen molar-refractivity contribution in [3.63, 3.8) is 0 Å². The first-order valence-electron chi connectivity index (χ1n) is 8.00. The van der Waals surface area contributed by atoms with Crippen LogP contribution in [-0.2, 0) is 0 Å². The summed E-state index contributed by atoms with van der Waals surface area (Å²) in [6.45, 7) is 3.92. The van der Waals surface area contributed by atoms with Crippen molar-refractivity contribution in [2.75, 3.05) is 0 Å². The Balaban J connectivity index is 1.79. The Kier molecular flexibility index (Phi) is 5.32. The number of aromatic nitrogens is 1. The number of hydrogen-bond donors (Lipinski definition) is 1. The lowest BCUT2D eigenvalue weighted by atomic mass is 10.2. The summed E-state index contributed by atoms with van der Waals surface area (Å²) in [5.41, 5.74) is 6.74. The molecule has 0 saturated heterocycles. The van der Waals surface area contributed by atoms with Gasteiger partial charge in [-0.05, 0) is 72.2 Å². The van der Waals surface area contributed by atoms with Gasteiger partial charge in [-0.1, -0.05) is 12.1 Å². The number of hydrogen-bond acceptors (Lipinski definition) is 2. The first kappa shape index (κ1) is 18.1. The molecular formula is C20H17BrFN3O. The third-order valence-electron chi connectivity index (χ3n) is 4.04. The van der Waals surface area contributed by atoms with Gasteiger partial charge >= 0.3 is 0 Å². The number of aryl methyl sites for hydroxylation is 1. The topological polar surface area (TPSA) is 46.4 Å². The van der Waals surface area contributed by atoms with Crippen LogP contribution in [-0.4, -0.2) is 16.7 Å². The monoisotopic (exact) mass is 413 g/mol. The molecule has 4 nitrogen and oxygen atoms in total. The van der Waals surface area contributed by atoms with Crippen LogP contribution in [0.2, 0.25) is 0 Å². The summed E-state index contributed by atoms with van der Waals surface area (Å²) in [5, 5.41) is 4.06. The molecule has 0 unspecified atom stereocenters. The van der Waals surface area contributed by atoms with E-state index in [0.29, 0.717) is 10.0 Å². The predicted octanol–water partition coefficient (Wildman–Crippen LogP) is 4.76. The van der Waals surface area contributed by atoms with Gasteiger partial charge in [0.2, 0.25) is 0 Å². The minimum Gasteiger partial charge on any atom is -0.318 e. The van der Waals surface area contributed by atoms with Gasteiger partial charge in [-0.3, -0.25) is 4.79 Å². The summed E-state index contributed by atoms with van der Waals surface area (Å²) in [6.07, 6.45) is 1.61. The van der Waals surface area contributed by atoms with Crippen molar-refractivity contribution in [3.8, 4) is 5.69 Å². The number of nitrogens with one attached hydrogen (secondary N) is 1. The number of benzene rings is 2. The number of nitrogens with zero attached hydrogens (tertiary/aromatic N) is 2. The molecule has 6 heteroatoms. The van der Waals surface area contributed by atoms with E-state index < -0.39 is 0 Å². The molecule has 1 amide bonds. The zero-order chi connectivity index (χ0) is 18.7. The number of rotatable bonds is 4. The van der Waals surface area contributed by atoms with Crippen LogP contribution in [0.3, 0.4) is 0 Å². The molecule has 0 atom stereocenters. The molecular weight excluding hydrogens is 397 g/mol. The Labute approximate surface area is 159 Å². The standard InChI is InChI=1S/C20H17BrFN3O/c1-13-11-15(14(2)25(13)17-9-7-16(22)8-10-17)12-23-24-20(26)18-5-3-4-6-19(18)21/h3-12H,1-2H3,(H,24,26). The Hall–Kier alpha value is -2.73. The summed E-state index contributed by atoms with van der Waals surface area (Å²) in [5.74, 6) is -0.561. The molecule has 1 aromatic heterocycles. The van der Waals surface area contributed by atoms with E-state index in [1.807, 2.05) is 30.5 Å². The smallest absolute Gasteiger partial charge is 0.272 e. The number of amides is 1. The number of halogens is 2. The molecule has 0 aliphatic carbocycles. The van der Waals surface area contributed by atoms with Crippen molar-refractivity contribution in [1.29, 1.82) is 0 Å². The van der Waals surface area contributed by atoms with Crippen LogP contribution in [0.1, 0.15) is 27.3 Å². The zero-order valence-electron chi connectivity index (χ0n) is 14.3. The van der Waals surface area contributed by atoms with E-state index in [1.165, 1.54) is 12.1 Å². The van der Waals surface area contributed by atoms with Crippen LogP contribution in [0.5, 0.6) is 0 Å². The van der Waals surface area contributed by atoms with E-state index in [1.54, 1.807) is 36.5 Å². The molecule has 3 aromatic rings. The fourth-order valence-electron chi connectivity index (χ4n) is 2.77. The second kappa shape index (κ2) is 7.66. The van der Waals surface area contributed by atoms with Gasteiger partial charge in [-0.25, -0.2) is 9.82 Å². The number of carbonyl (C=O) groups is 1. The highest BCUT2D eigenvalue weighted by Crippen LogP contribution is 2.20. The third kappa shape index (κ3) is 3.75. The van der Waals surface area contributed by atoms with Crippen LogP contribution < -0.4 is 5.43 Å². The Morgan fingerprint density at radius 2 is 1.85 bits per heavy atom. The molecule has 3 rings (SSSR count). The van der Waals surface area contributed by atoms with Gasteiger partial charge in [-0.15, -0.1) is 0 Å². The molecule has 26 heavy (non-hydrogen) atoms. The quantitative estimate of drug-likeness (QED) is 0.486. The number of carbonyl (C=O) groups excluding carboxylic acids is 1. The molecule has 2 aromatic carbocycles. The lowest BCUT2D eigenvalue weighted by Crippen LogP contribution is -2.18. The maximum absolute atomic E-state index is 13.1. The molecule has 0 aliphatic heterocycles. The fourth-order valence-corrected chi connectivity index (χ4v) is 3.24. The summed E-state index contributed by atoms with van der Waals surface area (Å²) in [6, 6.07) is 15.4. The van der Waals surface area contributed by atoms with Gasteiger partial charge in [-0.2, -0.15) is 5.10 Å². The highest BCUT2D eigenvalue weighted by atomic mass is 79.9.